The van der Waals surface area contributed by atoms with E-state index >= 15 is 0 Å². The number of hydrogen-bond donors (Lipinski definition) is 2. The number of hydrogen-bond acceptors (Lipinski definition) is 3. The summed E-state index contributed by atoms with van der Waals surface area (Å²) in [4.78, 5) is 4.07. The lowest BCUT2D eigenvalue weighted by Crippen LogP contribution is -2.40. The Bertz CT molecular complexity index is 581. The molecule has 0 aliphatic heterocycles. The van der Waals surface area contributed by atoms with Crippen molar-refractivity contribution in [2.45, 2.75) is 20.3 Å². The molecule has 0 saturated carbocycles. The Morgan fingerprint density at radius 1 is 1.09 bits per heavy atom. The van der Waals surface area contributed by atoms with Gasteiger partial charge in [0.15, 0.2) is 5.96 Å². The van der Waals surface area contributed by atoms with Crippen molar-refractivity contribution in [3.63, 3.8) is 0 Å². The van der Waals surface area contributed by atoms with Crippen LogP contribution in [-0.2, 0) is 16.3 Å². The van der Waals surface area contributed by atoms with Crippen LogP contribution in [0.25, 0.3) is 0 Å². The lowest BCUT2D eigenvalue weighted by molar-refractivity contribution is 0.600. The molecule has 1 rings (SSSR count). The van der Waals surface area contributed by atoms with E-state index < -0.39 is 9.84 Å². The van der Waals surface area contributed by atoms with Gasteiger partial charge in [-0.3, -0.25) is 4.99 Å². The molecule has 0 amide bonds. The number of halogens is 1. The fourth-order valence-electron chi connectivity index (χ4n) is 2.11. The van der Waals surface area contributed by atoms with E-state index in [1.807, 2.05) is 0 Å². The largest absolute Gasteiger partial charge is 0.356 e. The zero-order valence-electron chi connectivity index (χ0n) is 13.6. The van der Waals surface area contributed by atoms with Gasteiger partial charge in [0.25, 0.3) is 0 Å². The molecular weight excluding hydrogens is 413 g/mol. The maximum absolute atomic E-state index is 11.1. The van der Waals surface area contributed by atoms with Gasteiger partial charge in [0, 0.05) is 26.4 Å². The highest BCUT2D eigenvalue weighted by atomic mass is 127. The Balaban J connectivity index is 0.00000441. The van der Waals surface area contributed by atoms with Gasteiger partial charge in [-0.1, -0.05) is 29.3 Å². The molecule has 22 heavy (non-hydrogen) atoms. The molecule has 2 N–H and O–H groups in total. The van der Waals surface area contributed by atoms with E-state index in [0.29, 0.717) is 12.5 Å². The van der Waals surface area contributed by atoms with Crippen molar-refractivity contribution >= 4 is 39.8 Å². The van der Waals surface area contributed by atoms with E-state index in [0.717, 1.165) is 13.0 Å². The topological polar surface area (TPSA) is 70.6 Å². The SMILES string of the molecule is CN=C(NCCc1cc(C)cc(C)c1)NCCS(C)(=O)=O.I. The van der Waals surface area contributed by atoms with Crippen molar-refractivity contribution in [2.75, 3.05) is 32.1 Å². The van der Waals surface area contributed by atoms with Gasteiger partial charge in [0.1, 0.15) is 9.84 Å². The normalized spacial score (nSPS) is 11.7. The minimum atomic E-state index is -2.95. The average Bonchev–Trinajstić information content (AvgIpc) is 2.34. The molecule has 0 aliphatic rings. The summed E-state index contributed by atoms with van der Waals surface area (Å²) in [5, 5.41) is 6.18. The van der Waals surface area contributed by atoms with Gasteiger partial charge >= 0.3 is 0 Å². The summed E-state index contributed by atoms with van der Waals surface area (Å²) >= 11 is 0. The first kappa shape index (κ1) is 21.2. The number of guanidine groups is 1. The average molecular weight is 439 g/mol. The zero-order valence-corrected chi connectivity index (χ0v) is 16.8. The molecule has 7 heteroatoms. The summed E-state index contributed by atoms with van der Waals surface area (Å²) < 4.78 is 22.1. The van der Waals surface area contributed by atoms with Gasteiger partial charge in [-0.2, -0.15) is 0 Å². The van der Waals surface area contributed by atoms with Gasteiger partial charge in [0.05, 0.1) is 5.75 Å². The molecule has 0 heterocycles. The van der Waals surface area contributed by atoms with Crippen LogP contribution < -0.4 is 10.6 Å². The van der Waals surface area contributed by atoms with Crippen molar-refractivity contribution in [1.29, 1.82) is 0 Å². The summed E-state index contributed by atoms with van der Waals surface area (Å²) in [7, 11) is -1.27. The lowest BCUT2D eigenvalue weighted by atomic mass is 10.1. The van der Waals surface area contributed by atoms with Gasteiger partial charge in [0.2, 0.25) is 0 Å². The molecule has 0 radical (unpaired) electrons. The van der Waals surface area contributed by atoms with Gasteiger partial charge in [-0.25, -0.2) is 8.42 Å². The van der Waals surface area contributed by atoms with Gasteiger partial charge < -0.3 is 10.6 Å². The Hall–Kier alpha value is -0.830. The Labute approximate surface area is 150 Å². The molecule has 0 saturated heterocycles. The maximum atomic E-state index is 11.1. The number of sulfone groups is 1. The summed E-state index contributed by atoms with van der Waals surface area (Å²) in [6.45, 7) is 5.30. The quantitative estimate of drug-likeness (QED) is 0.402. The molecule has 1 aromatic carbocycles. The summed E-state index contributed by atoms with van der Waals surface area (Å²) in [5.41, 5.74) is 3.81. The first-order valence-electron chi connectivity index (χ1n) is 6.99. The second kappa shape index (κ2) is 10.0. The highest BCUT2D eigenvalue weighted by Crippen LogP contribution is 2.08. The van der Waals surface area contributed by atoms with E-state index in [2.05, 4.69) is 47.7 Å². The van der Waals surface area contributed by atoms with Crippen LogP contribution in [0.2, 0.25) is 0 Å². The number of nitrogens with one attached hydrogen (secondary N) is 2. The highest BCUT2D eigenvalue weighted by molar-refractivity contribution is 14.0. The van der Waals surface area contributed by atoms with Crippen molar-refractivity contribution in [1.82, 2.24) is 10.6 Å². The standard InChI is InChI=1S/C15H25N3O2S.HI/c1-12-9-13(2)11-14(10-12)5-6-17-15(16-3)18-7-8-21(4,19)20;/h9-11H,5-8H2,1-4H3,(H2,16,17,18);1H. The Morgan fingerprint density at radius 3 is 2.14 bits per heavy atom. The van der Waals surface area contributed by atoms with Crippen molar-refractivity contribution < 1.29 is 8.42 Å². The highest BCUT2D eigenvalue weighted by Gasteiger charge is 2.03. The third kappa shape index (κ3) is 9.24. The van der Waals surface area contributed by atoms with Crippen molar-refractivity contribution in [2.24, 2.45) is 4.99 Å². The van der Waals surface area contributed by atoms with E-state index in [9.17, 15) is 8.42 Å². The predicted octanol–water partition coefficient (Wildman–Crippen LogP) is 1.67. The molecule has 0 spiro atoms. The van der Waals surface area contributed by atoms with Crippen LogP contribution in [0.5, 0.6) is 0 Å². The van der Waals surface area contributed by atoms with E-state index in [1.165, 1.54) is 22.9 Å². The first-order valence-corrected chi connectivity index (χ1v) is 9.05. The number of aryl methyl sites for hydroxylation is 2. The second-order valence-corrected chi connectivity index (χ2v) is 7.56. The molecule has 1 aromatic rings. The molecular formula is C15H26IN3O2S. The fraction of sp³-hybridized carbons (Fsp3) is 0.533. The molecule has 0 unspecified atom stereocenters. The maximum Gasteiger partial charge on any atom is 0.191 e. The molecule has 0 aliphatic carbocycles. The van der Waals surface area contributed by atoms with Crippen LogP contribution in [0.3, 0.4) is 0 Å². The third-order valence-corrected chi connectivity index (χ3v) is 3.92. The van der Waals surface area contributed by atoms with Crippen LogP contribution in [0, 0.1) is 13.8 Å². The Kier molecular flexibility index (Phi) is 9.66. The number of benzene rings is 1. The zero-order chi connectivity index (χ0) is 15.9. The van der Waals surface area contributed by atoms with Gasteiger partial charge in [-0.15, -0.1) is 24.0 Å². The monoisotopic (exact) mass is 439 g/mol. The summed E-state index contributed by atoms with van der Waals surface area (Å²) in [5.74, 6) is 0.730. The van der Waals surface area contributed by atoms with Crippen LogP contribution in [0.4, 0.5) is 0 Å². The van der Waals surface area contributed by atoms with E-state index in [-0.39, 0.29) is 29.7 Å². The molecule has 0 atom stereocenters. The predicted molar refractivity (Wildman–Crippen MR) is 104 cm³/mol. The lowest BCUT2D eigenvalue weighted by Gasteiger charge is -2.12. The number of rotatable bonds is 6. The minimum Gasteiger partial charge on any atom is -0.356 e. The molecule has 0 aromatic heterocycles. The molecule has 126 valence electrons. The van der Waals surface area contributed by atoms with Crippen LogP contribution in [0.15, 0.2) is 23.2 Å². The Morgan fingerprint density at radius 2 is 1.64 bits per heavy atom. The van der Waals surface area contributed by atoms with E-state index in [1.54, 1.807) is 7.05 Å². The van der Waals surface area contributed by atoms with Gasteiger partial charge in [-0.05, 0) is 25.8 Å². The minimum absolute atomic E-state index is 0. The van der Waals surface area contributed by atoms with Crippen molar-refractivity contribution in [3.05, 3.63) is 34.9 Å². The van der Waals surface area contributed by atoms with Crippen molar-refractivity contribution in [3.8, 4) is 0 Å². The third-order valence-electron chi connectivity index (χ3n) is 2.98. The van der Waals surface area contributed by atoms with Crippen LogP contribution in [-0.4, -0.2) is 46.5 Å². The van der Waals surface area contributed by atoms with E-state index in [4.69, 9.17) is 0 Å². The van der Waals surface area contributed by atoms with Crippen LogP contribution in [0.1, 0.15) is 16.7 Å². The second-order valence-electron chi connectivity index (χ2n) is 5.30. The summed E-state index contributed by atoms with van der Waals surface area (Å²) in [6.07, 6.45) is 2.13. The number of aliphatic imine (C=N–C) groups is 1. The summed E-state index contributed by atoms with van der Waals surface area (Å²) in [6, 6.07) is 6.51. The molecule has 0 bridgehead atoms. The fourth-order valence-corrected chi connectivity index (χ4v) is 2.59. The van der Waals surface area contributed by atoms with Crippen LogP contribution >= 0.6 is 24.0 Å². The first-order chi connectivity index (χ1) is 9.80. The smallest absolute Gasteiger partial charge is 0.191 e. The molecule has 0 fully saturated rings. The molecule has 5 nitrogen and oxygen atoms in total. The number of nitrogens with zero attached hydrogens (tertiary/aromatic N) is 1.